The Bertz CT molecular complexity index is 853. The molecule has 0 radical (unpaired) electrons. The van der Waals surface area contributed by atoms with E-state index in [0.29, 0.717) is 23.4 Å². The number of anilines is 1. The SMILES string of the molecule is CCOC(=O)c1[nH]c2ccc(OC)cc2c1NC(=O)C[NH+]1C[C@@H](C)O[C@@H](C)C1. The van der Waals surface area contributed by atoms with Gasteiger partial charge in [0.15, 0.2) is 6.54 Å². The van der Waals surface area contributed by atoms with Gasteiger partial charge in [-0.1, -0.05) is 0 Å². The molecule has 0 saturated carbocycles. The molecular weight excluding hydrogens is 362 g/mol. The fraction of sp³-hybridized carbons (Fsp3) is 0.500. The Balaban J connectivity index is 1.86. The number of fused-ring (bicyclic) bond motifs is 1. The molecule has 3 rings (SSSR count). The van der Waals surface area contributed by atoms with E-state index in [9.17, 15) is 9.59 Å². The quantitative estimate of drug-likeness (QED) is 0.640. The van der Waals surface area contributed by atoms with Crippen LogP contribution in [0.25, 0.3) is 10.9 Å². The highest BCUT2D eigenvalue weighted by molar-refractivity contribution is 6.11. The maximum atomic E-state index is 12.8. The normalized spacial score (nSPS) is 22.1. The first-order chi connectivity index (χ1) is 13.4. The molecule has 0 aliphatic carbocycles. The van der Waals surface area contributed by atoms with Crippen LogP contribution in [0.5, 0.6) is 5.75 Å². The molecule has 1 aromatic heterocycles. The summed E-state index contributed by atoms with van der Waals surface area (Å²) >= 11 is 0. The first-order valence-corrected chi connectivity index (χ1v) is 9.57. The maximum Gasteiger partial charge on any atom is 0.356 e. The summed E-state index contributed by atoms with van der Waals surface area (Å²) in [5, 5.41) is 3.62. The van der Waals surface area contributed by atoms with Crippen molar-refractivity contribution in [3.63, 3.8) is 0 Å². The number of quaternary nitrogens is 1. The van der Waals surface area contributed by atoms with Crippen molar-refractivity contribution in [1.29, 1.82) is 0 Å². The van der Waals surface area contributed by atoms with E-state index in [1.54, 1.807) is 26.2 Å². The molecule has 2 heterocycles. The molecule has 1 fully saturated rings. The highest BCUT2D eigenvalue weighted by Gasteiger charge is 2.28. The van der Waals surface area contributed by atoms with E-state index in [1.165, 1.54) is 0 Å². The molecule has 1 aliphatic rings. The van der Waals surface area contributed by atoms with Gasteiger partial charge in [-0.15, -0.1) is 0 Å². The number of amides is 1. The molecule has 1 amide bonds. The summed E-state index contributed by atoms with van der Waals surface area (Å²) in [7, 11) is 1.57. The Kier molecular flexibility index (Phi) is 6.21. The Hall–Kier alpha value is -2.58. The number of carbonyl (C=O) groups excluding carboxylic acids is 2. The summed E-state index contributed by atoms with van der Waals surface area (Å²) in [5.41, 5.74) is 1.38. The van der Waals surface area contributed by atoms with Crippen LogP contribution in [0.3, 0.4) is 0 Å². The van der Waals surface area contributed by atoms with E-state index in [1.807, 2.05) is 19.9 Å². The minimum Gasteiger partial charge on any atom is -0.497 e. The van der Waals surface area contributed by atoms with Crippen molar-refractivity contribution in [3.05, 3.63) is 23.9 Å². The number of methoxy groups -OCH3 is 1. The summed E-state index contributed by atoms with van der Waals surface area (Å²) in [5.74, 6) is -0.0293. The van der Waals surface area contributed by atoms with Gasteiger partial charge < -0.3 is 29.4 Å². The van der Waals surface area contributed by atoms with E-state index in [0.717, 1.165) is 23.5 Å². The van der Waals surface area contributed by atoms with E-state index < -0.39 is 5.97 Å². The molecule has 1 unspecified atom stereocenters. The highest BCUT2D eigenvalue weighted by atomic mass is 16.5. The van der Waals surface area contributed by atoms with Gasteiger partial charge in [-0.3, -0.25) is 4.79 Å². The number of ether oxygens (including phenoxy) is 3. The second kappa shape index (κ2) is 8.62. The van der Waals surface area contributed by atoms with Gasteiger partial charge in [0, 0.05) is 10.9 Å². The van der Waals surface area contributed by atoms with E-state index in [2.05, 4.69) is 10.3 Å². The zero-order valence-corrected chi connectivity index (χ0v) is 16.8. The third-order valence-corrected chi connectivity index (χ3v) is 4.78. The molecule has 1 saturated heterocycles. The standard InChI is InChI=1S/C20H27N3O5/c1-5-27-20(25)19-18(15-8-14(26-4)6-7-16(15)21-19)22-17(24)11-23-9-12(2)28-13(3)10-23/h6-8,12-13,21H,5,9-11H2,1-4H3,(H,22,24)/p+1/t12-,13+. The Morgan fingerprint density at radius 2 is 2.00 bits per heavy atom. The van der Waals surface area contributed by atoms with Gasteiger partial charge in [0.25, 0.3) is 5.91 Å². The predicted octanol–water partition coefficient (Wildman–Crippen LogP) is 0.984. The number of esters is 1. The number of H-pyrrole nitrogens is 1. The van der Waals surface area contributed by atoms with Gasteiger partial charge in [0.1, 0.15) is 36.7 Å². The van der Waals surface area contributed by atoms with Crippen molar-refractivity contribution >= 4 is 28.5 Å². The van der Waals surface area contributed by atoms with Crippen molar-refractivity contribution in [2.24, 2.45) is 0 Å². The van der Waals surface area contributed by atoms with Crippen molar-refractivity contribution < 1.29 is 28.7 Å². The lowest BCUT2D eigenvalue weighted by Crippen LogP contribution is -3.16. The van der Waals surface area contributed by atoms with Gasteiger partial charge in [-0.2, -0.15) is 0 Å². The van der Waals surface area contributed by atoms with Crippen LogP contribution in [-0.4, -0.2) is 62.4 Å². The second-order valence-corrected chi connectivity index (χ2v) is 7.15. The Morgan fingerprint density at radius 3 is 2.64 bits per heavy atom. The molecular formula is C20H28N3O5+. The smallest absolute Gasteiger partial charge is 0.356 e. The lowest BCUT2D eigenvalue weighted by Gasteiger charge is -2.31. The van der Waals surface area contributed by atoms with Crippen molar-refractivity contribution in [2.75, 3.05) is 38.7 Å². The van der Waals surface area contributed by atoms with Crippen molar-refractivity contribution in [1.82, 2.24) is 4.98 Å². The number of aromatic amines is 1. The van der Waals surface area contributed by atoms with E-state index >= 15 is 0 Å². The van der Waals surface area contributed by atoms with Gasteiger partial charge in [-0.05, 0) is 39.0 Å². The molecule has 8 nitrogen and oxygen atoms in total. The van der Waals surface area contributed by atoms with Crippen molar-refractivity contribution in [2.45, 2.75) is 33.0 Å². The summed E-state index contributed by atoms with van der Waals surface area (Å²) in [4.78, 5) is 29.3. The summed E-state index contributed by atoms with van der Waals surface area (Å²) < 4.78 is 16.2. The highest BCUT2D eigenvalue weighted by Crippen LogP contribution is 2.31. The number of rotatable bonds is 6. The lowest BCUT2D eigenvalue weighted by molar-refractivity contribution is -0.907. The zero-order valence-electron chi connectivity index (χ0n) is 16.8. The summed E-state index contributed by atoms with van der Waals surface area (Å²) in [6.07, 6.45) is 0.220. The first kappa shape index (κ1) is 20.2. The van der Waals surface area contributed by atoms with Crippen LogP contribution in [0.15, 0.2) is 18.2 Å². The molecule has 1 aromatic carbocycles. The fourth-order valence-corrected chi connectivity index (χ4v) is 3.73. The van der Waals surface area contributed by atoms with Gasteiger partial charge in [0.05, 0.1) is 19.4 Å². The number of hydrogen-bond donors (Lipinski definition) is 3. The lowest BCUT2D eigenvalue weighted by atomic mass is 10.2. The minimum atomic E-state index is -0.506. The van der Waals surface area contributed by atoms with Crippen molar-refractivity contribution in [3.8, 4) is 5.75 Å². The average Bonchev–Trinajstić information content (AvgIpc) is 2.98. The predicted molar refractivity (Wildman–Crippen MR) is 105 cm³/mol. The second-order valence-electron chi connectivity index (χ2n) is 7.15. The molecule has 8 heteroatoms. The summed E-state index contributed by atoms with van der Waals surface area (Å²) in [6.45, 7) is 7.85. The van der Waals surface area contributed by atoms with Crippen LogP contribution in [0, 0.1) is 0 Å². The third-order valence-electron chi connectivity index (χ3n) is 4.78. The van der Waals surface area contributed by atoms with Crippen LogP contribution in [0.4, 0.5) is 5.69 Å². The maximum absolute atomic E-state index is 12.8. The fourth-order valence-electron chi connectivity index (χ4n) is 3.73. The molecule has 3 N–H and O–H groups in total. The molecule has 2 aromatic rings. The average molecular weight is 390 g/mol. The monoisotopic (exact) mass is 390 g/mol. The third kappa shape index (κ3) is 4.45. The largest absolute Gasteiger partial charge is 0.497 e. The van der Waals surface area contributed by atoms with Crippen LogP contribution in [-0.2, 0) is 14.3 Å². The summed E-state index contributed by atoms with van der Waals surface area (Å²) in [6, 6.07) is 5.39. The number of morpholine rings is 1. The Labute approximate surface area is 164 Å². The van der Waals surface area contributed by atoms with Gasteiger partial charge in [0.2, 0.25) is 0 Å². The minimum absolute atomic E-state index is 0.110. The number of benzene rings is 1. The van der Waals surface area contributed by atoms with E-state index in [4.69, 9.17) is 14.2 Å². The molecule has 3 atom stereocenters. The first-order valence-electron chi connectivity index (χ1n) is 9.57. The number of carbonyl (C=O) groups is 2. The molecule has 1 aliphatic heterocycles. The zero-order chi connectivity index (χ0) is 20.3. The number of nitrogens with one attached hydrogen (secondary N) is 3. The van der Waals surface area contributed by atoms with Crippen LogP contribution < -0.4 is 15.0 Å². The molecule has 0 spiro atoms. The molecule has 152 valence electrons. The topological polar surface area (TPSA) is 94.1 Å². The number of aromatic nitrogens is 1. The Morgan fingerprint density at radius 1 is 1.29 bits per heavy atom. The van der Waals surface area contributed by atoms with Gasteiger partial charge in [-0.25, -0.2) is 4.79 Å². The number of hydrogen-bond acceptors (Lipinski definition) is 5. The van der Waals surface area contributed by atoms with Gasteiger partial charge >= 0.3 is 5.97 Å². The van der Waals surface area contributed by atoms with E-state index in [-0.39, 0.29) is 30.4 Å². The van der Waals surface area contributed by atoms with Crippen LogP contribution >= 0.6 is 0 Å². The molecule has 0 bridgehead atoms. The molecule has 28 heavy (non-hydrogen) atoms. The van der Waals surface area contributed by atoms with Crippen LogP contribution in [0.2, 0.25) is 0 Å². The van der Waals surface area contributed by atoms with Crippen LogP contribution in [0.1, 0.15) is 31.3 Å².